The third-order valence-electron chi connectivity index (χ3n) is 5.10. The van der Waals surface area contributed by atoms with E-state index in [4.69, 9.17) is 9.47 Å². The summed E-state index contributed by atoms with van der Waals surface area (Å²) in [4.78, 5) is 34.4. The number of esters is 1. The van der Waals surface area contributed by atoms with Crippen molar-refractivity contribution in [2.75, 3.05) is 30.0 Å². The number of cyclic esters (lactones) is 1. The van der Waals surface area contributed by atoms with Gasteiger partial charge in [-0.15, -0.1) is 0 Å². The van der Waals surface area contributed by atoms with Gasteiger partial charge in [0, 0.05) is 0 Å². The van der Waals surface area contributed by atoms with Gasteiger partial charge in [-0.2, -0.15) is 0 Å². The van der Waals surface area contributed by atoms with Gasteiger partial charge in [-0.1, -0.05) is 35.9 Å². The summed E-state index contributed by atoms with van der Waals surface area (Å²) in [5.41, 5.74) is 3.75. The Labute approximate surface area is 213 Å². The molecule has 184 valence electrons. The predicted molar refractivity (Wildman–Crippen MR) is 139 cm³/mol. The van der Waals surface area contributed by atoms with E-state index in [2.05, 4.69) is 50.3 Å². The standard InChI is InChI=1S/C19H21BrN4O4.C7H8/c1-4-27-18(25)17-13(5-6-15(20)23-17)21-12(3)14-9-11(2)10-16(22-14)24-7-8-28-19(24)26;1-7-5-3-2-4-6-7/h5-6,9-10,12,21H,4,7-8H2,1-3H3;2-6H,1H3. The zero-order valence-corrected chi connectivity index (χ0v) is 21.8. The van der Waals surface area contributed by atoms with E-state index in [1.165, 1.54) is 10.5 Å². The highest BCUT2D eigenvalue weighted by atomic mass is 79.9. The van der Waals surface area contributed by atoms with Gasteiger partial charge in [0.05, 0.1) is 30.6 Å². The molecule has 1 amide bonds. The number of nitrogens with one attached hydrogen (secondary N) is 1. The molecule has 1 aliphatic heterocycles. The molecular weight excluding hydrogens is 512 g/mol. The second-order valence-electron chi connectivity index (χ2n) is 7.96. The number of carbonyl (C=O) groups is 2. The molecular formula is C26H29BrN4O4. The van der Waals surface area contributed by atoms with Crippen molar-refractivity contribution in [2.45, 2.75) is 33.7 Å². The van der Waals surface area contributed by atoms with E-state index in [-0.39, 0.29) is 18.3 Å². The molecule has 8 nitrogen and oxygen atoms in total. The maximum Gasteiger partial charge on any atom is 0.415 e. The van der Waals surface area contributed by atoms with E-state index in [0.29, 0.717) is 29.3 Å². The smallest absolute Gasteiger partial charge is 0.415 e. The van der Waals surface area contributed by atoms with Crippen molar-refractivity contribution in [3.63, 3.8) is 0 Å². The topological polar surface area (TPSA) is 93.6 Å². The Bertz CT molecular complexity index is 1170. The van der Waals surface area contributed by atoms with Crippen molar-refractivity contribution >= 4 is 39.5 Å². The molecule has 2 aromatic heterocycles. The van der Waals surface area contributed by atoms with Crippen LogP contribution in [0.1, 0.15) is 47.2 Å². The third kappa shape index (κ3) is 7.26. The van der Waals surface area contributed by atoms with Crippen molar-refractivity contribution in [1.29, 1.82) is 0 Å². The van der Waals surface area contributed by atoms with E-state index in [0.717, 1.165) is 11.3 Å². The number of carbonyl (C=O) groups excluding carboxylic acids is 2. The molecule has 1 aromatic carbocycles. The van der Waals surface area contributed by atoms with Crippen molar-refractivity contribution in [3.05, 3.63) is 81.7 Å². The lowest BCUT2D eigenvalue weighted by Crippen LogP contribution is -2.25. The van der Waals surface area contributed by atoms with E-state index in [1.807, 2.05) is 44.2 Å². The summed E-state index contributed by atoms with van der Waals surface area (Å²) in [6, 6.07) is 17.3. The summed E-state index contributed by atoms with van der Waals surface area (Å²) in [6.07, 6.45) is -0.397. The van der Waals surface area contributed by atoms with Crippen molar-refractivity contribution < 1.29 is 19.1 Å². The van der Waals surface area contributed by atoms with Crippen LogP contribution in [0.4, 0.5) is 16.3 Å². The summed E-state index contributed by atoms with van der Waals surface area (Å²) in [6.45, 7) is 8.77. The lowest BCUT2D eigenvalue weighted by Gasteiger charge is -2.20. The Hall–Kier alpha value is -3.46. The number of halogens is 1. The quantitative estimate of drug-likeness (QED) is 0.309. The summed E-state index contributed by atoms with van der Waals surface area (Å²) < 4.78 is 10.6. The summed E-state index contributed by atoms with van der Waals surface area (Å²) in [5.74, 6) is 0.0434. The number of benzene rings is 1. The van der Waals surface area contributed by atoms with E-state index in [1.54, 1.807) is 19.1 Å². The maximum absolute atomic E-state index is 12.2. The van der Waals surface area contributed by atoms with Crippen LogP contribution in [-0.2, 0) is 9.47 Å². The summed E-state index contributed by atoms with van der Waals surface area (Å²) >= 11 is 3.28. The molecule has 3 heterocycles. The number of rotatable bonds is 6. The van der Waals surface area contributed by atoms with Crippen LogP contribution in [0.25, 0.3) is 0 Å². The molecule has 0 spiro atoms. The first kappa shape index (κ1) is 26.2. The second-order valence-corrected chi connectivity index (χ2v) is 8.78. The highest BCUT2D eigenvalue weighted by Crippen LogP contribution is 2.26. The van der Waals surface area contributed by atoms with Crippen LogP contribution in [0, 0.1) is 13.8 Å². The van der Waals surface area contributed by atoms with E-state index < -0.39 is 12.1 Å². The van der Waals surface area contributed by atoms with Gasteiger partial charge in [0.15, 0.2) is 5.69 Å². The Morgan fingerprint density at radius 2 is 1.89 bits per heavy atom. The van der Waals surface area contributed by atoms with E-state index in [9.17, 15) is 9.59 Å². The second kappa shape index (κ2) is 12.3. The molecule has 0 radical (unpaired) electrons. The van der Waals surface area contributed by atoms with Gasteiger partial charge in [-0.05, 0) is 73.5 Å². The number of aromatic nitrogens is 2. The number of nitrogens with zero attached hydrogens (tertiary/aromatic N) is 3. The average molecular weight is 541 g/mol. The van der Waals surface area contributed by atoms with Crippen LogP contribution in [-0.4, -0.2) is 41.8 Å². The summed E-state index contributed by atoms with van der Waals surface area (Å²) in [7, 11) is 0. The van der Waals surface area contributed by atoms with Gasteiger partial charge in [-0.25, -0.2) is 19.6 Å². The fourth-order valence-corrected chi connectivity index (χ4v) is 3.69. The molecule has 0 saturated carbocycles. The predicted octanol–water partition coefficient (Wildman–Crippen LogP) is 5.85. The van der Waals surface area contributed by atoms with Gasteiger partial charge >= 0.3 is 12.1 Å². The molecule has 9 heteroatoms. The third-order valence-corrected chi connectivity index (χ3v) is 5.54. The van der Waals surface area contributed by atoms with Crippen molar-refractivity contribution in [1.82, 2.24) is 9.97 Å². The fourth-order valence-electron chi connectivity index (χ4n) is 3.39. The number of anilines is 2. The van der Waals surface area contributed by atoms with Crippen LogP contribution >= 0.6 is 15.9 Å². The Kier molecular flexibility index (Phi) is 9.19. The molecule has 1 unspecified atom stereocenters. The summed E-state index contributed by atoms with van der Waals surface area (Å²) in [5, 5.41) is 3.27. The minimum Gasteiger partial charge on any atom is -0.461 e. The Morgan fingerprint density at radius 1 is 1.14 bits per heavy atom. The van der Waals surface area contributed by atoms with Crippen LogP contribution in [0.3, 0.4) is 0 Å². The monoisotopic (exact) mass is 540 g/mol. The first-order chi connectivity index (χ1) is 16.8. The normalized spacial score (nSPS) is 13.4. The minimum atomic E-state index is -0.504. The first-order valence-electron chi connectivity index (χ1n) is 11.3. The van der Waals surface area contributed by atoms with Crippen molar-refractivity contribution in [3.8, 4) is 0 Å². The number of amides is 1. The van der Waals surface area contributed by atoms with Crippen molar-refractivity contribution in [2.24, 2.45) is 0 Å². The lowest BCUT2D eigenvalue weighted by molar-refractivity contribution is 0.0520. The van der Waals surface area contributed by atoms with Gasteiger partial charge in [0.2, 0.25) is 0 Å². The molecule has 1 N–H and O–H groups in total. The Morgan fingerprint density at radius 3 is 2.49 bits per heavy atom. The highest BCUT2D eigenvalue weighted by Gasteiger charge is 2.26. The zero-order valence-electron chi connectivity index (χ0n) is 20.2. The number of pyridine rings is 2. The average Bonchev–Trinajstić information content (AvgIpc) is 3.26. The number of aryl methyl sites for hydroxylation is 2. The van der Waals surface area contributed by atoms with Gasteiger partial charge in [-0.3, -0.25) is 4.90 Å². The van der Waals surface area contributed by atoms with Crippen LogP contribution in [0.2, 0.25) is 0 Å². The molecule has 1 saturated heterocycles. The highest BCUT2D eigenvalue weighted by molar-refractivity contribution is 9.10. The number of hydrogen-bond donors (Lipinski definition) is 1. The fraction of sp³-hybridized carbons (Fsp3) is 0.308. The lowest BCUT2D eigenvalue weighted by atomic mass is 10.1. The molecule has 1 atom stereocenters. The van der Waals surface area contributed by atoms with Gasteiger partial charge in [0.25, 0.3) is 0 Å². The number of ether oxygens (including phenoxy) is 2. The van der Waals surface area contributed by atoms with Gasteiger partial charge in [0.1, 0.15) is 17.0 Å². The first-order valence-corrected chi connectivity index (χ1v) is 12.1. The molecule has 3 aromatic rings. The van der Waals surface area contributed by atoms with Crippen LogP contribution in [0.5, 0.6) is 0 Å². The minimum absolute atomic E-state index is 0.194. The molecule has 0 bridgehead atoms. The SMILES string of the molecule is CCOC(=O)c1nc(Br)ccc1NC(C)c1cc(C)cc(N2CCOC2=O)n1.Cc1ccccc1. The molecule has 1 aliphatic rings. The van der Waals surface area contributed by atoms with Crippen LogP contribution in [0.15, 0.2) is 59.2 Å². The maximum atomic E-state index is 12.2. The van der Waals surface area contributed by atoms with Gasteiger partial charge < -0.3 is 14.8 Å². The Balaban J connectivity index is 0.000000420. The molecule has 35 heavy (non-hydrogen) atoms. The largest absolute Gasteiger partial charge is 0.461 e. The van der Waals surface area contributed by atoms with E-state index >= 15 is 0 Å². The molecule has 0 aliphatic carbocycles. The number of hydrogen-bond acceptors (Lipinski definition) is 7. The van der Waals surface area contributed by atoms with Crippen LogP contribution < -0.4 is 10.2 Å². The zero-order chi connectivity index (χ0) is 25.4. The molecule has 4 rings (SSSR count). The molecule has 1 fully saturated rings.